The van der Waals surface area contributed by atoms with E-state index in [1.165, 1.54) is 12.1 Å². The second kappa shape index (κ2) is 9.67. The monoisotopic (exact) mass is 569 g/mol. The fourth-order valence-electron chi connectivity index (χ4n) is 3.31. The number of methoxy groups -OCH3 is 1. The third-order valence-electron chi connectivity index (χ3n) is 4.81. The lowest BCUT2D eigenvalue weighted by atomic mass is 10.1. The summed E-state index contributed by atoms with van der Waals surface area (Å²) >= 11 is 9.78. The van der Waals surface area contributed by atoms with Gasteiger partial charge in [-0.2, -0.15) is 0 Å². The lowest BCUT2D eigenvalue weighted by Crippen LogP contribution is -2.27. The van der Waals surface area contributed by atoms with E-state index in [0.717, 1.165) is 20.4 Å². The molecule has 1 saturated heterocycles. The summed E-state index contributed by atoms with van der Waals surface area (Å²) in [5.41, 5.74) is 2.60. The van der Waals surface area contributed by atoms with Crippen LogP contribution in [0.3, 0.4) is 0 Å². The van der Waals surface area contributed by atoms with Gasteiger partial charge in [-0.05, 0) is 82.2 Å². The largest absolute Gasteiger partial charge is 0.493 e. The van der Waals surface area contributed by atoms with Crippen molar-refractivity contribution in [3.8, 4) is 11.5 Å². The van der Waals surface area contributed by atoms with Crippen molar-refractivity contribution in [2.24, 2.45) is 0 Å². The Labute approximate surface area is 202 Å². The van der Waals surface area contributed by atoms with Crippen LogP contribution in [0.15, 0.2) is 60.7 Å². The Bertz CT molecular complexity index is 1100. The number of halogens is 3. The standard InChI is InChI=1S/C23H18ClFINO3S/c1-29-20-11-15(10-19(26)22(20)30-12-14-2-6-17(25)7-3-14)23-27(21(28)13-31-23)18-8-4-16(24)5-9-18/h2-11,23H,12-13H2,1H3/t23-/m0/s1. The van der Waals surface area contributed by atoms with Gasteiger partial charge in [0, 0.05) is 10.7 Å². The molecule has 1 aliphatic heterocycles. The highest BCUT2D eigenvalue weighted by molar-refractivity contribution is 14.1. The van der Waals surface area contributed by atoms with Crippen LogP contribution in [0.25, 0.3) is 0 Å². The fraction of sp³-hybridized carbons (Fsp3) is 0.174. The number of anilines is 1. The number of benzene rings is 3. The van der Waals surface area contributed by atoms with Crippen molar-refractivity contribution >= 4 is 57.5 Å². The summed E-state index contributed by atoms with van der Waals surface area (Å²) < 4.78 is 25.6. The first-order valence-electron chi connectivity index (χ1n) is 9.40. The molecule has 1 atom stereocenters. The Balaban J connectivity index is 1.61. The Hall–Kier alpha value is -1.97. The van der Waals surface area contributed by atoms with E-state index < -0.39 is 0 Å². The third kappa shape index (κ3) is 4.94. The summed E-state index contributed by atoms with van der Waals surface area (Å²) in [7, 11) is 1.59. The summed E-state index contributed by atoms with van der Waals surface area (Å²) in [6.07, 6.45) is 0. The highest BCUT2D eigenvalue weighted by Crippen LogP contribution is 2.45. The molecule has 1 fully saturated rings. The molecule has 0 unspecified atom stereocenters. The first kappa shape index (κ1) is 22.2. The summed E-state index contributed by atoms with van der Waals surface area (Å²) in [6.45, 7) is 0.291. The van der Waals surface area contributed by atoms with Crippen molar-refractivity contribution in [1.82, 2.24) is 0 Å². The summed E-state index contributed by atoms with van der Waals surface area (Å²) in [4.78, 5) is 14.4. The number of amides is 1. The molecule has 1 amide bonds. The van der Waals surface area contributed by atoms with E-state index >= 15 is 0 Å². The first-order chi connectivity index (χ1) is 15.0. The fourth-order valence-corrected chi connectivity index (χ4v) is 5.37. The second-order valence-electron chi connectivity index (χ2n) is 6.85. The van der Waals surface area contributed by atoms with Crippen LogP contribution in [0.4, 0.5) is 10.1 Å². The number of hydrogen-bond acceptors (Lipinski definition) is 4. The number of nitrogens with zero attached hydrogens (tertiary/aromatic N) is 1. The molecule has 0 aromatic heterocycles. The van der Waals surface area contributed by atoms with Crippen molar-refractivity contribution < 1.29 is 18.7 Å². The highest BCUT2D eigenvalue weighted by Gasteiger charge is 2.35. The number of carbonyl (C=O) groups excluding carboxylic acids is 1. The first-order valence-corrected chi connectivity index (χ1v) is 11.9. The lowest BCUT2D eigenvalue weighted by Gasteiger charge is -2.25. The van der Waals surface area contributed by atoms with Crippen LogP contribution in [-0.4, -0.2) is 18.8 Å². The van der Waals surface area contributed by atoms with Crippen molar-refractivity contribution in [3.05, 3.63) is 86.2 Å². The molecule has 0 spiro atoms. The number of carbonyl (C=O) groups is 1. The van der Waals surface area contributed by atoms with Crippen molar-refractivity contribution in [2.75, 3.05) is 17.8 Å². The van der Waals surface area contributed by atoms with Gasteiger partial charge in [0.1, 0.15) is 17.8 Å². The van der Waals surface area contributed by atoms with E-state index in [4.69, 9.17) is 21.1 Å². The van der Waals surface area contributed by atoms with Crippen LogP contribution in [0.2, 0.25) is 5.02 Å². The maximum atomic E-state index is 13.1. The zero-order valence-electron chi connectivity index (χ0n) is 16.5. The molecule has 0 N–H and O–H groups in total. The SMILES string of the molecule is COc1cc([C@@H]2SCC(=O)N2c2ccc(Cl)cc2)cc(I)c1OCc1ccc(F)cc1. The minimum absolute atomic E-state index is 0.0444. The number of rotatable bonds is 6. The molecule has 0 bridgehead atoms. The molecule has 0 radical (unpaired) electrons. The second-order valence-corrected chi connectivity index (χ2v) is 9.52. The van der Waals surface area contributed by atoms with Crippen LogP contribution in [0, 0.1) is 9.39 Å². The normalized spacial score (nSPS) is 15.9. The van der Waals surface area contributed by atoms with Crippen LogP contribution in [0.1, 0.15) is 16.5 Å². The van der Waals surface area contributed by atoms with E-state index in [1.807, 2.05) is 24.3 Å². The average Bonchev–Trinajstić information content (AvgIpc) is 3.15. The van der Waals surface area contributed by atoms with E-state index in [0.29, 0.717) is 28.9 Å². The van der Waals surface area contributed by atoms with Crippen molar-refractivity contribution in [2.45, 2.75) is 12.0 Å². The van der Waals surface area contributed by atoms with Gasteiger partial charge >= 0.3 is 0 Å². The number of hydrogen-bond donors (Lipinski definition) is 0. The molecule has 31 heavy (non-hydrogen) atoms. The Morgan fingerprint density at radius 3 is 2.55 bits per heavy atom. The molecule has 3 aromatic rings. The maximum absolute atomic E-state index is 13.1. The minimum atomic E-state index is -0.283. The van der Waals surface area contributed by atoms with Crippen molar-refractivity contribution in [1.29, 1.82) is 0 Å². The van der Waals surface area contributed by atoms with Gasteiger partial charge in [-0.1, -0.05) is 23.7 Å². The van der Waals surface area contributed by atoms with Gasteiger partial charge in [-0.3, -0.25) is 9.69 Å². The van der Waals surface area contributed by atoms with Gasteiger partial charge in [0.2, 0.25) is 5.91 Å². The Morgan fingerprint density at radius 2 is 1.87 bits per heavy atom. The molecule has 4 rings (SSSR count). The Morgan fingerprint density at radius 1 is 1.16 bits per heavy atom. The molecule has 0 saturated carbocycles. The molecular weight excluding hydrogens is 552 g/mol. The van der Waals surface area contributed by atoms with Gasteiger partial charge in [-0.15, -0.1) is 11.8 Å². The van der Waals surface area contributed by atoms with Gasteiger partial charge in [0.15, 0.2) is 11.5 Å². The van der Waals surface area contributed by atoms with Gasteiger partial charge in [0.05, 0.1) is 16.4 Å². The zero-order chi connectivity index (χ0) is 22.0. The number of ether oxygens (including phenoxy) is 2. The quantitative estimate of drug-likeness (QED) is 0.320. The lowest BCUT2D eigenvalue weighted by molar-refractivity contribution is -0.115. The minimum Gasteiger partial charge on any atom is -0.493 e. The van der Waals surface area contributed by atoms with Crippen LogP contribution in [-0.2, 0) is 11.4 Å². The Kier molecular flexibility index (Phi) is 6.93. The van der Waals surface area contributed by atoms with Gasteiger partial charge < -0.3 is 9.47 Å². The summed E-state index contributed by atoms with van der Waals surface area (Å²) in [5, 5.41) is 0.445. The van der Waals surface area contributed by atoms with E-state index in [2.05, 4.69) is 22.6 Å². The zero-order valence-corrected chi connectivity index (χ0v) is 20.2. The maximum Gasteiger partial charge on any atom is 0.238 e. The average molecular weight is 570 g/mol. The predicted molar refractivity (Wildman–Crippen MR) is 131 cm³/mol. The van der Waals surface area contributed by atoms with E-state index in [1.54, 1.807) is 48.0 Å². The molecule has 1 heterocycles. The van der Waals surface area contributed by atoms with Crippen LogP contribution < -0.4 is 14.4 Å². The summed E-state index contributed by atoms with van der Waals surface area (Å²) in [5.74, 6) is 1.36. The van der Waals surface area contributed by atoms with Gasteiger partial charge in [0.25, 0.3) is 0 Å². The van der Waals surface area contributed by atoms with E-state index in [-0.39, 0.29) is 17.1 Å². The molecule has 8 heteroatoms. The van der Waals surface area contributed by atoms with E-state index in [9.17, 15) is 9.18 Å². The van der Waals surface area contributed by atoms with Gasteiger partial charge in [-0.25, -0.2) is 4.39 Å². The third-order valence-corrected chi connectivity index (χ3v) is 7.07. The molecule has 3 aromatic carbocycles. The topological polar surface area (TPSA) is 38.8 Å². The molecular formula is C23H18ClFINO3S. The van der Waals surface area contributed by atoms with Crippen LogP contribution in [0.5, 0.6) is 11.5 Å². The van der Waals surface area contributed by atoms with Crippen molar-refractivity contribution in [3.63, 3.8) is 0 Å². The molecule has 0 aliphatic carbocycles. The predicted octanol–water partition coefficient (Wildman–Crippen LogP) is 6.45. The molecule has 1 aliphatic rings. The molecule has 4 nitrogen and oxygen atoms in total. The number of thioether (sulfide) groups is 1. The van der Waals surface area contributed by atoms with Crippen LogP contribution >= 0.6 is 46.0 Å². The summed E-state index contributed by atoms with van der Waals surface area (Å²) in [6, 6.07) is 17.4. The highest BCUT2D eigenvalue weighted by atomic mass is 127. The molecule has 160 valence electrons. The smallest absolute Gasteiger partial charge is 0.238 e.